The highest BCUT2D eigenvalue weighted by Crippen LogP contribution is 2.34. The number of rotatable bonds is 29. The summed E-state index contributed by atoms with van der Waals surface area (Å²) in [4.78, 5) is 42.9. The lowest BCUT2D eigenvalue weighted by atomic mass is 10.0. The van der Waals surface area contributed by atoms with Gasteiger partial charge in [0.15, 0.2) is 0 Å². The SMILES string of the molecule is CCCCCn1cc(-c2cccc(C(=O)Nc3cc(NC(=O)c4ccc(CN5CCN(CCOCCOCCOCCn6cc(CCCC(=O)OC(C)CC)nn6)CC5)c(C(F)(F)F)c4)ccc3C)c2)cn1. The summed E-state index contributed by atoms with van der Waals surface area (Å²) >= 11 is 0. The van der Waals surface area contributed by atoms with Gasteiger partial charge in [-0.1, -0.05) is 56.2 Å². The van der Waals surface area contributed by atoms with Gasteiger partial charge in [-0.2, -0.15) is 18.3 Å². The lowest BCUT2D eigenvalue weighted by molar-refractivity contribution is -0.148. The lowest BCUT2D eigenvalue weighted by Crippen LogP contribution is -2.47. The van der Waals surface area contributed by atoms with Crippen molar-refractivity contribution in [3.8, 4) is 11.1 Å². The van der Waals surface area contributed by atoms with Crippen LogP contribution in [0.1, 0.15) is 102 Å². The topological polar surface area (TPSA) is 167 Å². The first-order valence-corrected chi connectivity index (χ1v) is 25.1. The fraction of sp³-hybridized carbons (Fsp3) is 0.509. The fourth-order valence-corrected chi connectivity index (χ4v) is 8.00. The molecule has 1 aliphatic rings. The van der Waals surface area contributed by atoms with Crippen LogP contribution in [0.15, 0.2) is 79.3 Å². The van der Waals surface area contributed by atoms with Gasteiger partial charge in [-0.25, -0.2) is 4.68 Å². The number of alkyl halides is 3. The summed E-state index contributed by atoms with van der Waals surface area (Å²) in [5, 5.41) is 18.4. The molecule has 0 bridgehead atoms. The average molecular weight is 1000 g/mol. The molecular formula is C53H70F3N9O7. The van der Waals surface area contributed by atoms with Crippen LogP contribution in [0.25, 0.3) is 11.1 Å². The summed E-state index contributed by atoms with van der Waals surface area (Å²) in [7, 11) is 0. The third kappa shape index (κ3) is 17.9. The van der Waals surface area contributed by atoms with E-state index in [4.69, 9.17) is 18.9 Å². The Labute approximate surface area is 420 Å². The molecule has 16 nitrogen and oxygen atoms in total. The molecule has 3 aromatic carbocycles. The third-order valence-electron chi connectivity index (χ3n) is 12.4. The van der Waals surface area contributed by atoms with E-state index >= 15 is 0 Å². The maximum absolute atomic E-state index is 14.5. The second kappa shape index (κ2) is 28.3. The van der Waals surface area contributed by atoms with Crippen molar-refractivity contribution in [3.05, 3.63) is 113 Å². The minimum absolute atomic E-state index is 0.0672. The van der Waals surface area contributed by atoms with E-state index in [1.165, 1.54) is 12.1 Å². The van der Waals surface area contributed by atoms with Crippen molar-refractivity contribution in [3.63, 3.8) is 0 Å². The van der Waals surface area contributed by atoms with Gasteiger partial charge in [0, 0.05) is 92.7 Å². The number of hydrogen-bond donors (Lipinski definition) is 2. The van der Waals surface area contributed by atoms with Gasteiger partial charge in [0.05, 0.1) is 69.7 Å². The van der Waals surface area contributed by atoms with Gasteiger partial charge in [-0.15, -0.1) is 5.10 Å². The number of unbranched alkanes of at least 4 members (excludes halogenated alkanes) is 2. The van der Waals surface area contributed by atoms with E-state index in [1.807, 2.05) is 54.9 Å². The van der Waals surface area contributed by atoms with Crippen LogP contribution in [0.3, 0.4) is 0 Å². The van der Waals surface area contributed by atoms with Gasteiger partial charge in [-0.05, 0) is 92.6 Å². The molecule has 390 valence electrons. The number of nitrogens with one attached hydrogen (secondary N) is 2. The number of carbonyl (C=O) groups excluding carboxylic acids is 3. The number of aryl methyl sites for hydroxylation is 3. The van der Waals surface area contributed by atoms with E-state index in [0.717, 1.165) is 60.7 Å². The van der Waals surface area contributed by atoms with E-state index < -0.39 is 17.6 Å². The Morgan fingerprint density at radius 1 is 0.736 bits per heavy atom. The smallest absolute Gasteiger partial charge is 0.416 e. The summed E-state index contributed by atoms with van der Waals surface area (Å²) in [5.41, 5.74) is 3.63. The summed E-state index contributed by atoms with van der Waals surface area (Å²) in [6, 6.07) is 15.9. The van der Waals surface area contributed by atoms with Gasteiger partial charge >= 0.3 is 12.1 Å². The molecular weight excluding hydrogens is 932 g/mol. The van der Waals surface area contributed by atoms with E-state index in [1.54, 1.807) is 41.2 Å². The van der Waals surface area contributed by atoms with E-state index in [0.29, 0.717) is 115 Å². The zero-order chi connectivity index (χ0) is 51.3. The molecule has 1 fully saturated rings. The maximum atomic E-state index is 14.5. The fourth-order valence-electron chi connectivity index (χ4n) is 8.00. The number of aromatic nitrogens is 5. The number of ether oxygens (including phenoxy) is 4. The molecule has 1 atom stereocenters. The second-order valence-corrected chi connectivity index (χ2v) is 18.1. The average Bonchev–Trinajstić information content (AvgIpc) is 4.04. The highest BCUT2D eigenvalue weighted by molar-refractivity contribution is 6.07. The standard InChI is InChI=1S/C53H70F3N9O7/c1-5-7-8-19-64-37-45(35-57-64)41-11-9-12-42(32-41)52(68)59-49-34-46(18-15-39(49)3)58-51(67)43-16-17-44(48(33-43)53(54,55)56)36-63-22-20-62(21-23-63)24-26-69-28-30-71-31-29-70-27-25-65-38-47(60-61-65)13-10-14-50(66)72-40(4)6-2/h9,11-12,15-18,32-35,37-38,40H,5-8,10,13-14,19-31,36H2,1-4H3,(H,58,67)(H,59,68). The first-order chi connectivity index (χ1) is 34.8. The molecule has 2 amide bonds. The normalized spacial score (nSPS) is 13.8. The Morgan fingerprint density at radius 3 is 2.18 bits per heavy atom. The Kier molecular flexibility index (Phi) is 21.7. The highest BCUT2D eigenvalue weighted by Gasteiger charge is 2.35. The first kappa shape index (κ1) is 55.3. The van der Waals surface area contributed by atoms with Crippen molar-refractivity contribution >= 4 is 29.2 Å². The van der Waals surface area contributed by atoms with Crippen LogP contribution in [-0.4, -0.2) is 131 Å². The van der Waals surface area contributed by atoms with Crippen molar-refractivity contribution in [2.45, 2.75) is 105 Å². The summed E-state index contributed by atoms with van der Waals surface area (Å²) in [6.07, 6.45) is 6.61. The number of amides is 2. The molecule has 0 spiro atoms. The zero-order valence-electron chi connectivity index (χ0n) is 42.1. The largest absolute Gasteiger partial charge is 0.463 e. The van der Waals surface area contributed by atoms with Crippen molar-refractivity contribution in [2.75, 3.05) is 83.0 Å². The van der Waals surface area contributed by atoms with E-state index in [-0.39, 0.29) is 35.7 Å². The molecule has 1 saturated heterocycles. The highest BCUT2D eigenvalue weighted by atomic mass is 19.4. The second-order valence-electron chi connectivity index (χ2n) is 18.1. The Hall–Kier alpha value is -5.99. The third-order valence-corrected chi connectivity index (χ3v) is 12.4. The lowest BCUT2D eigenvalue weighted by Gasteiger charge is -2.35. The minimum atomic E-state index is -4.67. The monoisotopic (exact) mass is 1000 g/mol. The van der Waals surface area contributed by atoms with Gasteiger partial charge in [0.25, 0.3) is 11.8 Å². The molecule has 2 aromatic heterocycles. The summed E-state index contributed by atoms with van der Waals surface area (Å²) in [5.74, 6) is -1.25. The number of anilines is 2. The number of piperazine rings is 1. The Balaban J connectivity index is 0.862. The molecule has 2 N–H and O–H groups in total. The van der Waals surface area contributed by atoms with Gasteiger partial charge in [-0.3, -0.25) is 28.9 Å². The minimum Gasteiger partial charge on any atom is -0.463 e. The van der Waals surface area contributed by atoms with E-state index in [9.17, 15) is 27.6 Å². The van der Waals surface area contributed by atoms with Crippen molar-refractivity contribution in [1.29, 1.82) is 0 Å². The summed E-state index contributed by atoms with van der Waals surface area (Å²) in [6.45, 7) is 15.2. The van der Waals surface area contributed by atoms with Crippen LogP contribution < -0.4 is 10.6 Å². The van der Waals surface area contributed by atoms with Crippen LogP contribution >= 0.6 is 0 Å². The van der Waals surface area contributed by atoms with Gasteiger partial charge in [0.1, 0.15) is 0 Å². The predicted octanol–water partition coefficient (Wildman–Crippen LogP) is 8.70. The van der Waals surface area contributed by atoms with Crippen LogP contribution in [0.5, 0.6) is 0 Å². The van der Waals surface area contributed by atoms with Gasteiger partial charge < -0.3 is 29.6 Å². The van der Waals surface area contributed by atoms with E-state index in [2.05, 4.69) is 37.9 Å². The molecule has 5 aromatic rings. The van der Waals surface area contributed by atoms with Crippen LogP contribution in [0.4, 0.5) is 24.5 Å². The van der Waals surface area contributed by atoms with Crippen LogP contribution in [0, 0.1) is 6.92 Å². The summed E-state index contributed by atoms with van der Waals surface area (Å²) < 4.78 is 69.4. The quantitative estimate of drug-likeness (QED) is 0.0346. The molecule has 1 unspecified atom stereocenters. The number of benzene rings is 3. The molecule has 19 heteroatoms. The zero-order valence-corrected chi connectivity index (χ0v) is 42.1. The van der Waals surface area contributed by atoms with Crippen LogP contribution in [0.2, 0.25) is 0 Å². The Bertz CT molecular complexity index is 2490. The van der Waals surface area contributed by atoms with Crippen molar-refractivity contribution < 1.29 is 46.5 Å². The molecule has 1 aliphatic heterocycles. The van der Waals surface area contributed by atoms with Crippen molar-refractivity contribution in [2.24, 2.45) is 0 Å². The molecule has 0 aliphatic carbocycles. The van der Waals surface area contributed by atoms with Crippen LogP contribution in [-0.2, 0) is 56.0 Å². The first-order valence-electron chi connectivity index (χ1n) is 25.1. The van der Waals surface area contributed by atoms with Gasteiger partial charge in [0.2, 0.25) is 0 Å². The molecule has 3 heterocycles. The number of hydrogen-bond acceptors (Lipinski definition) is 12. The maximum Gasteiger partial charge on any atom is 0.416 e. The van der Waals surface area contributed by atoms with Crippen molar-refractivity contribution in [1.82, 2.24) is 34.6 Å². The number of halogens is 3. The molecule has 0 radical (unpaired) electrons. The Morgan fingerprint density at radius 2 is 1.44 bits per heavy atom. The number of esters is 1. The molecule has 6 rings (SSSR count). The predicted molar refractivity (Wildman–Crippen MR) is 269 cm³/mol. The molecule has 72 heavy (non-hydrogen) atoms. The number of nitrogens with zero attached hydrogens (tertiary/aromatic N) is 7. The molecule has 0 saturated carbocycles. The number of carbonyl (C=O) groups is 3.